The van der Waals surface area contributed by atoms with Gasteiger partial charge in [0.05, 0.1) is 25.7 Å². The predicted octanol–water partition coefficient (Wildman–Crippen LogP) is 1.36. The van der Waals surface area contributed by atoms with Crippen molar-refractivity contribution in [1.82, 2.24) is 4.90 Å². The molecule has 98 valence electrons. The summed E-state index contributed by atoms with van der Waals surface area (Å²) in [6.45, 7) is 0.227. The van der Waals surface area contributed by atoms with Crippen LogP contribution in [0.5, 0.6) is 11.5 Å². The zero-order valence-corrected chi connectivity index (χ0v) is 10.8. The van der Waals surface area contributed by atoms with Gasteiger partial charge in [-0.15, -0.1) is 0 Å². The molecule has 0 unspecified atom stereocenters. The van der Waals surface area contributed by atoms with E-state index in [0.717, 1.165) is 0 Å². The van der Waals surface area contributed by atoms with E-state index in [0.29, 0.717) is 23.3 Å². The van der Waals surface area contributed by atoms with Crippen molar-refractivity contribution >= 4 is 12.2 Å². The Morgan fingerprint density at radius 1 is 1.39 bits per heavy atom. The van der Waals surface area contributed by atoms with Crippen LogP contribution in [0.2, 0.25) is 0 Å². The Balaban J connectivity index is 2.65. The molecule has 5 nitrogen and oxygen atoms in total. The zero-order chi connectivity index (χ0) is 13.5. The van der Waals surface area contributed by atoms with Crippen molar-refractivity contribution in [3.8, 4) is 11.5 Å². The van der Waals surface area contributed by atoms with Gasteiger partial charge in [-0.3, -0.25) is 9.59 Å². The number of carbonyl (C=O) groups excluding carboxylic acids is 2. The van der Waals surface area contributed by atoms with Gasteiger partial charge in [-0.05, 0) is 12.1 Å². The van der Waals surface area contributed by atoms with Crippen LogP contribution in [-0.4, -0.2) is 44.9 Å². The topological polar surface area (TPSA) is 55.8 Å². The summed E-state index contributed by atoms with van der Waals surface area (Å²) in [5.74, 6) is 1.01. The van der Waals surface area contributed by atoms with Gasteiger partial charge in [0.1, 0.15) is 11.5 Å². The van der Waals surface area contributed by atoms with Crippen LogP contribution in [0.15, 0.2) is 18.2 Å². The molecule has 0 aliphatic rings. The second-order valence-corrected chi connectivity index (χ2v) is 3.91. The molecule has 0 heterocycles. The third kappa shape index (κ3) is 3.76. The van der Waals surface area contributed by atoms with E-state index in [4.69, 9.17) is 9.47 Å². The van der Waals surface area contributed by atoms with E-state index in [1.54, 1.807) is 32.3 Å². The molecule has 1 rings (SSSR count). The molecule has 0 aliphatic carbocycles. The summed E-state index contributed by atoms with van der Waals surface area (Å²) in [7, 11) is 4.91. The molecule has 0 aliphatic heterocycles. The number of benzene rings is 1. The number of nitrogens with zero attached hydrogens (tertiary/aromatic N) is 1. The van der Waals surface area contributed by atoms with Crippen molar-refractivity contribution in [2.24, 2.45) is 0 Å². The van der Waals surface area contributed by atoms with Crippen molar-refractivity contribution in [3.05, 3.63) is 23.8 Å². The van der Waals surface area contributed by atoms with Gasteiger partial charge in [-0.2, -0.15) is 0 Å². The van der Waals surface area contributed by atoms with Crippen LogP contribution in [0.4, 0.5) is 0 Å². The minimum absolute atomic E-state index is 0.0226. The molecule has 0 saturated carbocycles. The highest BCUT2D eigenvalue weighted by molar-refractivity contribution is 5.80. The van der Waals surface area contributed by atoms with Crippen molar-refractivity contribution in [2.75, 3.05) is 27.8 Å². The molecular formula is C13H17NO4. The molecule has 18 heavy (non-hydrogen) atoms. The van der Waals surface area contributed by atoms with Crippen LogP contribution in [0.25, 0.3) is 0 Å². The zero-order valence-electron chi connectivity index (χ0n) is 10.8. The van der Waals surface area contributed by atoms with Gasteiger partial charge in [-0.25, -0.2) is 0 Å². The fraction of sp³-hybridized carbons (Fsp3) is 0.385. The third-order valence-corrected chi connectivity index (χ3v) is 2.42. The number of methoxy groups -OCH3 is 1. The maximum Gasteiger partial charge on any atom is 0.225 e. The lowest BCUT2D eigenvalue weighted by atomic mass is 10.2. The minimum Gasteiger partial charge on any atom is -0.497 e. The van der Waals surface area contributed by atoms with E-state index in [1.807, 2.05) is 0 Å². The second kappa shape index (κ2) is 6.64. The molecule has 0 radical (unpaired) electrons. The molecule has 5 heteroatoms. The Bertz CT molecular complexity index is 429. The summed E-state index contributed by atoms with van der Waals surface area (Å²) < 4.78 is 10.5. The number of hydrogen-bond acceptors (Lipinski definition) is 4. The van der Waals surface area contributed by atoms with Gasteiger partial charge in [0.2, 0.25) is 5.91 Å². The number of hydrogen-bond donors (Lipinski definition) is 0. The van der Waals surface area contributed by atoms with Gasteiger partial charge in [0.25, 0.3) is 0 Å². The van der Waals surface area contributed by atoms with E-state index in [-0.39, 0.29) is 18.9 Å². The molecule has 0 saturated heterocycles. The Hall–Kier alpha value is -2.04. The van der Waals surface area contributed by atoms with E-state index < -0.39 is 0 Å². The van der Waals surface area contributed by atoms with Crippen molar-refractivity contribution < 1.29 is 19.1 Å². The highest BCUT2D eigenvalue weighted by atomic mass is 16.5. The average molecular weight is 251 g/mol. The summed E-state index contributed by atoms with van der Waals surface area (Å²) >= 11 is 0. The number of aldehydes is 1. The monoisotopic (exact) mass is 251 g/mol. The van der Waals surface area contributed by atoms with Crippen molar-refractivity contribution in [3.63, 3.8) is 0 Å². The quantitative estimate of drug-likeness (QED) is 0.716. The van der Waals surface area contributed by atoms with Crippen LogP contribution in [0, 0.1) is 0 Å². The first-order chi connectivity index (χ1) is 8.58. The molecule has 0 N–H and O–H groups in total. The largest absolute Gasteiger partial charge is 0.497 e. The van der Waals surface area contributed by atoms with Gasteiger partial charge in [-0.1, -0.05) is 0 Å². The van der Waals surface area contributed by atoms with Gasteiger partial charge in [0, 0.05) is 20.2 Å². The second-order valence-electron chi connectivity index (χ2n) is 3.91. The lowest BCUT2D eigenvalue weighted by Crippen LogP contribution is -2.23. The van der Waals surface area contributed by atoms with E-state index in [1.165, 1.54) is 12.0 Å². The number of rotatable bonds is 6. The van der Waals surface area contributed by atoms with Gasteiger partial charge < -0.3 is 14.4 Å². The summed E-state index contributed by atoms with van der Waals surface area (Å²) in [4.78, 5) is 23.7. The summed E-state index contributed by atoms with van der Waals surface area (Å²) in [5, 5.41) is 0. The average Bonchev–Trinajstić information content (AvgIpc) is 2.38. The summed E-state index contributed by atoms with van der Waals surface area (Å²) in [6, 6.07) is 4.93. The predicted molar refractivity (Wildman–Crippen MR) is 67.2 cm³/mol. The Morgan fingerprint density at radius 2 is 2.11 bits per heavy atom. The maximum atomic E-state index is 11.4. The first kappa shape index (κ1) is 14.0. The molecule has 0 atom stereocenters. The third-order valence-electron chi connectivity index (χ3n) is 2.42. The van der Waals surface area contributed by atoms with Crippen LogP contribution in [-0.2, 0) is 4.79 Å². The van der Waals surface area contributed by atoms with Crippen molar-refractivity contribution in [2.45, 2.75) is 6.42 Å². The maximum absolute atomic E-state index is 11.4. The smallest absolute Gasteiger partial charge is 0.225 e. The van der Waals surface area contributed by atoms with Crippen LogP contribution in [0.3, 0.4) is 0 Å². The summed E-state index contributed by atoms with van der Waals surface area (Å²) in [6.07, 6.45) is 0.977. The van der Waals surface area contributed by atoms with Crippen LogP contribution < -0.4 is 9.47 Å². The highest BCUT2D eigenvalue weighted by Gasteiger charge is 2.08. The fourth-order valence-electron chi connectivity index (χ4n) is 1.34. The van der Waals surface area contributed by atoms with Gasteiger partial charge in [0.15, 0.2) is 6.29 Å². The Labute approximate surface area is 106 Å². The van der Waals surface area contributed by atoms with E-state index >= 15 is 0 Å². The number of ether oxygens (including phenoxy) is 2. The SMILES string of the molecule is COc1ccc(C=O)c(OCCC(=O)N(C)C)c1. The molecule has 0 spiro atoms. The number of amides is 1. The van der Waals surface area contributed by atoms with Crippen LogP contribution in [0.1, 0.15) is 16.8 Å². The van der Waals surface area contributed by atoms with E-state index in [2.05, 4.69) is 0 Å². The summed E-state index contributed by atoms with van der Waals surface area (Å²) in [5.41, 5.74) is 0.438. The first-order valence-corrected chi connectivity index (χ1v) is 5.54. The molecule has 0 aromatic heterocycles. The molecule has 0 bridgehead atoms. The number of carbonyl (C=O) groups is 2. The Kier molecular flexibility index (Phi) is 5.17. The normalized spacial score (nSPS) is 9.72. The Morgan fingerprint density at radius 3 is 2.67 bits per heavy atom. The molecule has 1 aromatic rings. The highest BCUT2D eigenvalue weighted by Crippen LogP contribution is 2.23. The van der Waals surface area contributed by atoms with Crippen molar-refractivity contribution in [1.29, 1.82) is 0 Å². The molecule has 1 amide bonds. The molecular weight excluding hydrogens is 234 g/mol. The fourth-order valence-corrected chi connectivity index (χ4v) is 1.34. The minimum atomic E-state index is -0.0226. The van der Waals surface area contributed by atoms with Gasteiger partial charge >= 0.3 is 0 Å². The van der Waals surface area contributed by atoms with E-state index in [9.17, 15) is 9.59 Å². The lowest BCUT2D eigenvalue weighted by molar-refractivity contribution is -0.129. The lowest BCUT2D eigenvalue weighted by Gasteiger charge is -2.12. The standard InChI is InChI=1S/C13H17NO4/c1-14(2)13(16)6-7-18-12-8-11(17-3)5-4-10(12)9-15/h4-5,8-9H,6-7H2,1-3H3. The van der Waals surface area contributed by atoms with Crippen LogP contribution >= 0.6 is 0 Å². The molecule has 1 aromatic carbocycles. The molecule has 0 fully saturated rings. The first-order valence-electron chi connectivity index (χ1n) is 5.54.